The van der Waals surface area contributed by atoms with Crippen LogP contribution >= 0.6 is 11.6 Å². The van der Waals surface area contributed by atoms with Gasteiger partial charge in [0, 0.05) is 16.1 Å². The van der Waals surface area contributed by atoms with Gasteiger partial charge in [-0.3, -0.25) is 0 Å². The van der Waals surface area contributed by atoms with Crippen LogP contribution < -0.4 is 4.74 Å². The van der Waals surface area contributed by atoms with Crippen molar-refractivity contribution in [1.82, 2.24) is 0 Å². The minimum Gasteiger partial charge on any atom is -0.479 e. The second-order valence-electron chi connectivity index (χ2n) is 4.89. The maximum absolute atomic E-state index is 14.4. The fourth-order valence-electron chi connectivity index (χ4n) is 1.99. The number of hydrogen-bond acceptors (Lipinski definition) is 3. The Morgan fingerprint density at radius 2 is 1.52 bits per heavy atom. The second kappa shape index (κ2) is 6.96. The summed E-state index contributed by atoms with van der Waals surface area (Å²) in [5, 5.41) is 0.394. The third kappa shape index (κ3) is 3.99. The molecule has 23 heavy (non-hydrogen) atoms. The van der Waals surface area contributed by atoms with E-state index in [1.165, 1.54) is 62.6 Å². The van der Waals surface area contributed by atoms with Gasteiger partial charge in [0.05, 0.1) is 7.11 Å². The Kier molecular flexibility index (Phi) is 5.21. The summed E-state index contributed by atoms with van der Waals surface area (Å²) in [5.74, 6) is -3.39. The third-order valence-corrected chi connectivity index (χ3v) is 3.52. The number of esters is 1. The normalized spacial score (nSPS) is 12.6. The van der Waals surface area contributed by atoms with E-state index in [9.17, 15) is 13.6 Å². The predicted octanol–water partition coefficient (Wildman–Crippen LogP) is 4.42. The van der Waals surface area contributed by atoms with Crippen molar-refractivity contribution in [3.8, 4) is 5.75 Å². The van der Waals surface area contributed by atoms with Crippen LogP contribution in [-0.2, 0) is 15.5 Å². The van der Waals surface area contributed by atoms with Crippen LogP contribution in [-0.4, -0.2) is 19.2 Å². The van der Waals surface area contributed by atoms with Gasteiger partial charge in [0.2, 0.25) is 0 Å². The van der Waals surface area contributed by atoms with E-state index in [0.717, 1.165) is 0 Å². The van der Waals surface area contributed by atoms with Crippen LogP contribution in [0.5, 0.6) is 5.75 Å². The lowest BCUT2D eigenvalue weighted by molar-refractivity contribution is -0.147. The van der Waals surface area contributed by atoms with Gasteiger partial charge >= 0.3 is 5.97 Å². The van der Waals surface area contributed by atoms with Gasteiger partial charge in [-0.05, 0) is 43.3 Å². The van der Waals surface area contributed by atoms with Gasteiger partial charge in [-0.25, -0.2) is 4.79 Å². The first kappa shape index (κ1) is 17.2. The van der Waals surface area contributed by atoms with Crippen molar-refractivity contribution in [2.75, 3.05) is 7.11 Å². The van der Waals surface area contributed by atoms with Crippen LogP contribution in [0.4, 0.5) is 8.78 Å². The zero-order chi connectivity index (χ0) is 17.0. The van der Waals surface area contributed by atoms with Crippen molar-refractivity contribution in [2.24, 2.45) is 0 Å². The Morgan fingerprint density at radius 3 is 2.00 bits per heavy atom. The van der Waals surface area contributed by atoms with Crippen LogP contribution in [0.15, 0.2) is 48.5 Å². The van der Waals surface area contributed by atoms with Gasteiger partial charge in [-0.15, -0.1) is 0 Å². The molecule has 0 radical (unpaired) electrons. The third-order valence-electron chi connectivity index (χ3n) is 3.27. The SMILES string of the molecule is COC(=O)C(C)Oc1ccc(C(F)(F)c2ccc(Cl)cc2)cc1. The topological polar surface area (TPSA) is 35.5 Å². The van der Waals surface area contributed by atoms with Crippen molar-refractivity contribution in [3.63, 3.8) is 0 Å². The first-order valence-electron chi connectivity index (χ1n) is 6.83. The van der Waals surface area contributed by atoms with E-state index in [4.69, 9.17) is 16.3 Å². The highest BCUT2D eigenvalue weighted by Crippen LogP contribution is 2.36. The summed E-state index contributed by atoms with van der Waals surface area (Å²) < 4.78 is 38.7. The smallest absolute Gasteiger partial charge is 0.346 e. The van der Waals surface area contributed by atoms with Crippen molar-refractivity contribution < 1.29 is 23.0 Å². The van der Waals surface area contributed by atoms with Gasteiger partial charge in [0.1, 0.15) is 5.75 Å². The Bertz CT molecular complexity index is 669. The highest BCUT2D eigenvalue weighted by Gasteiger charge is 2.33. The van der Waals surface area contributed by atoms with Crippen LogP contribution in [0, 0.1) is 0 Å². The number of methoxy groups -OCH3 is 1. The largest absolute Gasteiger partial charge is 0.479 e. The number of carbonyl (C=O) groups excluding carboxylic acids is 1. The van der Waals surface area contributed by atoms with E-state index < -0.39 is 18.0 Å². The highest BCUT2D eigenvalue weighted by atomic mass is 35.5. The molecule has 0 aliphatic carbocycles. The highest BCUT2D eigenvalue weighted by molar-refractivity contribution is 6.30. The summed E-state index contributed by atoms with van der Waals surface area (Å²) in [6.07, 6.45) is -0.817. The monoisotopic (exact) mass is 340 g/mol. The standard InChI is InChI=1S/C17H15ClF2O3/c1-11(16(21)22-2)23-15-9-5-13(6-10-15)17(19,20)12-3-7-14(18)8-4-12/h3-11H,1-2H3. The fourth-order valence-corrected chi connectivity index (χ4v) is 2.11. The van der Waals surface area contributed by atoms with Gasteiger partial charge in [0.15, 0.2) is 6.10 Å². The number of benzene rings is 2. The lowest BCUT2D eigenvalue weighted by atomic mass is 10.0. The van der Waals surface area contributed by atoms with Crippen LogP contribution in [0.3, 0.4) is 0 Å². The Morgan fingerprint density at radius 1 is 1.04 bits per heavy atom. The molecule has 0 N–H and O–H groups in total. The molecule has 0 amide bonds. The summed E-state index contributed by atoms with van der Waals surface area (Å²) in [6.45, 7) is 1.52. The molecule has 122 valence electrons. The van der Waals surface area contributed by atoms with Gasteiger partial charge in [-0.1, -0.05) is 23.7 Å². The molecule has 0 saturated carbocycles. The minimum absolute atomic E-state index is 0.154. The molecule has 0 saturated heterocycles. The van der Waals surface area contributed by atoms with E-state index in [1.54, 1.807) is 0 Å². The van der Waals surface area contributed by atoms with Gasteiger partial charge < -0.3 is 9.47 Å². The van der Waals surface area contributed by atoms with Crippen molar-refractivity contribution in [3.05, 3.63) is 64.7 Å². The average molecular weight is 341 g/mol. The lowest BCUT2D eigenvalue weighted by Crippen LogP contribution is -2.25. The molecular weight excluding hydrogens is 326 g/mol. The number of alkyl halides is 2. The molecule has 0 spiro atoms. The van der Waals surface area contributed by atoms with E-state index in [2.05, 4.69) is 4.74 Å². The lowest BCUT2D eigenvalue weighted by Gasteiger charge is -2.18. The number of hydrogen-bond donors (Lipinski definition) is 0. The van der Waals surface area contributed by atoms with Gasteiger partial charge in [-0.2, -0.15) is 8.78 Å². The quantitative estimate of drug-likeness (QED) is 0.756. The minimum atomic E-state index is -3.16. The molecule has 2 aromatic carbocycles. The molecule has 2 aromatic rings. The summed E-state index contributed by atoms with van der Waals surface area (Å²) in [6, 6.07) is 10.7. The van der Waals surface area contributed by atoms with Crippen molar-refractivity contribution in [2.45, 2.75) is 19.0 Å². The van der Waals surface area contributed by atoms with Crippen LogP contribution in [0.1, 0.15) is 18.1 Å². The fraction of sp³-hybridized carbons (Fsp3) is 0.235. The molecule has 6 heteroatoms. The molecule has 0 aliphatic heterocycles. The first-order valence-corrected chi connectivity index (χ1v) is 7.21. The van der Waals surface area contributed by atoms with Crippen molar-refractivity contribution in [1.29, 1.82) is 0 Å². The molecular formula is C17H15ClF2O3. The van der Waals surface area contributed by atoms with Crippen molar-refractivity contribution >= 4 is 17.6 Å². The number of rotatable bonds is 5. The molecule has 0 aliphatic rings. The molecule has 0 bridgehead atoms. The summed E-state index contributed by atoms with van der Waals surface area (Å²) >= 11 is 5.72. The molecule has 0 fully saturated rings. The maximum atomic E-state index is 14.4. The molecule has 0 heterocycles. The first-order chi connectivity index (χ1) is 10.8. The Hall–Kier alpha value is -2.14. The number of halogens is 3. The van der Waals surface area contributed by atoms with E-state index in [0.29, 0.717) is 10.8 Å². The maximum Gasteiger partial charge on any atom is 0.346 e. The average Bonchev–Trinajstić information content (AvgIpc) is 2.55. The summed E-state index contributed by atoms with van der Waals surface area (Å²) in [7, 11) is 1.25. The molecule has 2 rings (SSSR count). The molecule has 0 aromatic heterocycles. The predicted molar refractivity (Wildman–Crippen MR) is 83.0 cm³/mol. The Labute approximate surface area is 137 Å². The summed E-state index contributed by atoms with van der Waals surface area (Å²) in [5.41, 5.74) is -0.337. The molecule has 1 atom stereocenters. The molecule has 1 unspecified atom stereocenters. The van der Waals surface area contributed by atoms with Crippen LogP contribution in [0.25, 0.3) is 0 Å². The summed E-state index contributed by atoms with van der Waals surface area (Å²) in [4.78, 5) is 11.3. The Balaban J connectivity index is 2.18. The van der Waals surface area contributed by atoms with E-state index in [-0.39, 0.29) is 11.1 Å². The second-order valence-corrected chi connectivity index (χ2v) is 5.33. The zero-order valence-corrected chi connectivity index (χ0v) is 13.3. The van der Waals surface area contributed by atoms with E-state index >= 15 is 0 Å². The van der Waals surface area contributed by atoms with Crippen LogP contribution in [0.2, 0.25) is 5.02 Å². The molecule has 3 nitrogen and oxygen atoms in total. The zero-order valence-electron chi connectivity index (χ0n) is 12.6. The van der Waals surface area contributed by atoms with E-state index in [1.807, 2.05) is 0 Å². The van der Waals surface area contributed by atoms with Gasteiger partial charge in [0.25, 0.3) is 5.92 Å². The number of ether oxygens (including phenoxy) is 2. The number of carbonyl (C=O) groups is 1.